The third-order valence-electron chi connectivity index (χ3n) is 3.01. The molecule has 4 heteroatoms. The molecule has 4 nitrogen and oxygen atoms in total. The number of hydrogen-bond acceptors (Lipinski definition) is 3. The van der Waals surface area contributed by atoms with Crippen molar-refractivity contribution in [2.45, 2.75) is 12.5 Å². The van der Waals surface area contributed by atoms with Gasteiger partial charge in [0.2, 0.25) is 0 Å². The molecule has 1 aromatic heterocycles. The summed E-state index contributed by atoms with van der Waals surface area (Å²) >= 11 is 0. The third kappa shape index (κ3) is 2.83. The van der Waals surface area contributed by atoms with E-state index < -0.39 is 5.92 Å². The van der Waals surface area contributed by atoms with Gasteiger partial charge in [-0.15, -0.1) is 0 Å². The number of methoxy groups -OCH3 is 1. The van der Waals surface area contributed by atoms with Crippen molar-refractivity contribution in [1.82, 2.24) is 4.57 Å². The summed E-state index contributed by atoms with van der Waals surface area (Å²) in [6.07, 6.45) is 1.79. The van der Waals surface area contributed by atoms with Gasteiger partial charge >= 0.3 is 5.97 Å². The van der Waals surface area contributed by atoms with E-state index in [9.17, 15) is 4.79 Å². The number of hydrogen-bond donors (Lipinski definition) is 0. The highest BCUT2D eigenvalue weighted by molar-refractivity contribution is 5.78. The summed E-state index contributed by atoms with van der Waals surface area (Å²) in [7, 11) is 1.37. The van der Waals surface area contributed by atoms with E-state index in [1.54, 1.807) is 22.9 Å². The molecule has 19 heavy (non-hydrogen) atoms. The second-order valence-electron chi connectivity index (χ2n) is 4.14. The van der Waals surface area contributed by atoms with E-state index in [4.69, 9.17) is 10.00 Å². The number of rotatable bonds is 4. The number of nitriles is 1. The predicted molar refractivity (Wildman–Crippen MR) is 70.3 cm³/mol. The lowest BCUT2D eigenvalue weighted by Crippen LogP contribution is -2.20. The minimum Gasteiger partial charge on any atom is -0.468 e. The van der Waals surface area contributed by atoms with Crippen LogP contribution in [0.1, 0.15) is 17.2 Å². The van der Waals surface area contributed by atoms with Crippen molar-refractivity contribution in [3.8, 4) is 6.07 Å². The molecule has 0 radical (unpaired) electrons. The Bertz CT molecular complexity index is 596. The highest BCUT2D eigenvalue weighted by Crippen LogP contribution is 2.20. The molecule has 0 N–H and O–H groups in total. The van der Waals surface area contributed by atoms with Crippen LogP contribution in [0.3, 0.4) is 0 Å². The van der Waals surface area contributed by atoms with Gasteiger partial charge in [0.25, 0.3) is 0 Å². The van der Waals surface area contributed by atoms with E-state index in [0.29, 0.717) is 12.2 Å². The van der Waals surface area contributed by atoms with Crippen molar-refractivity contribution in [2.24, 2.45) is 0 Å². The van der Waals surface area contributed by atoms with E-state index in [2.05, 4.69) is 6.07 Å². The van der Waals surface area contributed by atoms with Gasteiger partial charge in [-0.1, -0.05) is 30.3 Å². The summed E-state index contributed by atoms with van der Waals surface area (Å²) in [6.45, 7) is 0.395. The van der Waals surface area contributed by atoms with Gasteiger partial charge in [0.1, 0.15) is 11.8 Å². The van der Waals surface area contributed by atoms with E-state index in [1.165, 1.54) is 7.11 Å². The summed E-state index contributed by atoms with van der Waals surface area (Å²) < 4.78 is 6.61. The molecule has 1 atom stereocenters. The van der Waals surface area contributed by atoms with Gasteiger partial charge in [-0.25, -0.2) is 0 Å². The Balaban J connectivity index is 2.30. The Labute approximate surface area is 111 Å². The van der Waals surface area contributed by atoms with Crippen LogP contribution >= 0.6 is 0 Å². The molecule has 0 aliphatic carbocycles. The lowest BCUT2D eigenvalue weighted by Gasteiger charge is -2.16. The molecule has 0 amide bonds. The topological polar surface area (TPSA) is 55.0 Å². The Morgan fingerprint density at radius 2 is 2.05 bits per heavy atom. The number of ether oxygens (including phenoxy) is 1. The van der Waals surface area contributed by atoms with Crippen molar-refractivity contribution in [2.75, 3.05) is 7.11 Å². The molecule has 0 saturated carbocycles. The summed E-state index contributed by atoms with van der Waals surface area (Å²) in [6, 6.07) is 15.0. The zero-order valence-electron chi connectivity index (χ0n) is 10.6. The summed E-state index contributed by atoms with van der Waals surface area (Å²) in [5.74, 6) is -0.713. The van der Waals surface area contributed by atoms with Crippen LogP contribution in [0, 0.1) is 11.3 Å². The monoisotopic (exact) mass is 254 g/mol. The number of carbonyl (C=O) groups is 1. The largest absolute Gasteiger partial charge is 0.468 e. The number of esters is 1. The molecule has 0 bridgehead atoms. The predicted octanol–water partition coefficient (Wildman–Crippen LogP) is 2.32. The van der Waals surface area contributed by atoms with Crippen LogP contribution in [0.5, 0.6) is 0 Å². The van der Waals surface area contributed by atoms with Crippen LogP contribution in [0.25, 0.3) is 0 Å². The van der Waals surface area contributed by atoms with Crippen molar-refractivity contribution in [1.29, 1.82) is 5.26 Å². The van der Waals surface area contributed by atoms with Crippen molar-refractivity contribution in [3.05, 3.63) is 59.9 Å². The van der Waals surface area contributed by atoms with E-state index >= 15 is 0 Å². The highest BCUT2D eigenvalue weighted by atomic mass is 16.5. The Morgan fingerprint density at radius 3 is 2.68 bits per heavy atom. The molecule has 96 valence electrons. The fourth-order valence-corrected chi connectivity index (χ4v) is 2.02. The van der Waals surface area contributed by atoms with Gasteiger partial charge in [0.15, 0.2) is 0 Å². The van der Waals surface area contributed by atoms with Gasteiger partial charge in [0, 0.05) is 12.7 Å². The van der Waals surface area contributed by atoms with Gasteiger partial charge in [-0.05, 0) is 17.7 Å². The minimum absolute atomic E-state index is 0.302. The first-order valence-corrected chi connectivity index (χ1v) is 5.94. The fourth-order valence-electron chi connectivity index (χ4n) is 2.02. The summed E-state index contributed by atoms with van der Waals surface area (Å²) in [4.78, 5) is 11.9. The normalized spacial score (nSPS) is 11.6. The third-order valence-corrected chi connectivity index (χ3v) is 3.01. The van der Waals surface area contributed by atoms with E-state index in [1.807, 2.05) is 30.3 Å². The number of carbonyl (C=O) groups excluding carboxylic acids is 1. The molecule has 0 aliphatic rings. The quantitative estimate of drug-likeness (QED) is 0.787. The van der Waals surface area contributed by atoms with E-state index in [0.717, 1.165) is 5.56 Å². The molecule has 2 aromatic rings. The van der Waals surface area contributed by atoms with Crippen LogP contribution in [-0.2, 0) is 16.1 Å². The number of benzene rings is 1. The lowest BCUT2D eigenvalue weighted by molar-refractivity contribution is -0.142. The minimum atomic E-state index is -0.411. The first-order chi connectivity index (χ1) is 9.26. The zero-order chi connectivity index (χ0) is 13.7. The first-order valence-electron chi connectivity index (χ1n) is 5.94. The van der Waals surface area contributed by atoms with Crippen LogP contribution in [0.4, 0.5) is 0 Å². The Kier molecular flexibility index (Phi) is 3.99. The fraction of sp³-hybridized carbons (Fsp3) is 0.200. The second-order valence-corrected chi connectivity index (χ2v) is 4.14. The Hall–Kier alpha value is -2.54. The van der Waals surface area contributed by atoms with Gasteiger partial charge < -0.3 is 9.30 Å². The van der Waals surface area contributed by atoms with Crippen LogP contribution < -0.4 is 0 Å². The summed E-state index contributed by atoms with van der Waals surface area (Å²) in [5, 5.41) is 9.00. The molecule has 2 rings (SSSR count). The average molecular weight is 254 g/mol. The SMILES string of the molecule is COC(=O)C(Cn1cccc1C#N)c1ccccc1. The lowest BCUT2D eigenvalue weighted by atomic mass is 9.99. The second kappa shape index (κ2) is 5.87. The summed E-state index contributed by atoms with van der Waals surface area (Å²) in [5.41, 5.74) is 1.41. The van der Waals surface area contributed by atoms with Crippen LogP contribution in [0.15, 0.2) is 48.7 Å². The molecular formula is C15H14N2O2. The molecule has 0 spiro atoms. The molecule has 0 aliphatic heterocycles. The molecular weight excluding hydrogens is 240 g/mol. The van der Waals surface area contributed by atoms with Crippen molar-refractivity contribution in [3.63, 3.8) is 0 Å². The highest BCUT2D eigenvalue weighted by Gasteiger charge is 2.22. The average Bonchev–Trinajstić information content (AvgIpc) is 2.92. The number of nitrogens with zero attached hydrogens (tertiary/aromatic N) is 2. The van der Waals surface area contributed by atoms with Gasteiger partial charge in [0.05, 0.1) is 13.0 Å². The van der Waals surface area contributed by atoms with Gasteiger partial charge in [-0.2, -0.15) is 5.26 Å². The van der Waals surface area contributed by atoms with Crippen molar-refractivity contribution < 1.29 is 9.53 Å². The van der Waals surface area contributed by atoms with E-state index in [-0.39, 0.29) is 5.97 Å². The maximum Gasteiger partial charge on any atom is 0.314 e. The van der Waals surface area contributed by atoms with Crippen LogP contribution in [-0.4, -0.2) is 17.6 Å². The van der Waals surface area contributed by atoms with Crippen molar-refractivity contribution >= 4 is 5.97 Å². The maximum atomic E-state index is 11.9. The van der Waals surface area contributed by atoms with Crippen LogP contribution in [0.2, 0.25) is 0 Å². The van der Waals surface area contributed by atoms with Gasteiger partial charge in [-0.3, -0.25) is 4.79 Å². The standard InChI is InChI=1S/C15H14N2O2/c1-19-15(18)14(12-6-3-2-4-7-12)11-17-9-5-8-13(17)10-16/h2-9,14H,11H2,1H3. The number of aromatic nitrogens is 1. The Morgan fingerprint density at radius 1 is 1.32 bits per heavy atom. The smallest absolute Gasteiger partial charge is 0.314 e. The maximum absolute atomic E-state index is 11.9. The first kappa shape index (κ1) is 12.9. The molecule has 1 unspecified atom stereocenters. The molecule has 0 fully saturated rings. The molecule has 1 aromatic carbocycles. The molecule has 1 heterocycles. The zero-order valence-corrected chi connectivity index (χ0v) is 10.6. The molecule has 0 saturated heterocycles.